The van der Waals surface area contributed by atoms with E-state index in [0.29, 0.717) is 11.5 Å². The molecule has 0 saturated carbocycles. The molecule has 0 aromatic heterocycles. The smallest absolute Gasteiger partial charge is 0.123 e. The molecule has 0 saturated heterocycles. The lowest BCUT2D eigenvalue weighted by atomic mass is 10.1. The van der Waals surface area contributed by atoms with Crippen molar-refractivity contribution < 1.29 is 8.60 Å². The van der Waals surface area contributed by atoms with Gasteiger partial charge in [-0.2, -0.15) is 0 Å². The van der Waals surface area contributed by atoms with Gasteiger partial charge in [-0.3, -0.25) is 4.21 Å². The molecule has 19 heavy (non-hydrogen) atoms. The monoisotopic (exact) mass is 276 g/mol. The molecule has 0 fully saturated rings. The Morgan fingerprint density at radius 2 is 1.42 bits per heavy atom. The van der Waals surface area contributed by atoms with Gasteiger partial charge < -0.3 is 0 Å². The molecule has 1 atom stereocenters. The van der Waals surface area contributed by atoms with E-state index >= 15 is 0 Å². The topological polar surface area (TPSA) is 17.1 Å². The molecule has 1 unspecified atom stereocenters. The van der Waals surface area contributed by atoms with E-state index in [1.807, 2.05) is 13.8 Å². The van der Waals surface area contributed by atoms with Gasteiger partial charge in [-0.05, 0) is 37.1 Å². The van der Waals surface area contributed by atoms with Crippen molar-refractivity contribution in [2.45, 2.75) is 25.4 Å². The van der Waals surface area contributed by atoms with Crippen molar-refractivity contribution in [2.24, 2.45) is 0 Å². The van der Waals surface area contributed by atoms with Crippen molar-refractivity contribution in [3.8, 4) is 0 Å². The molecule has 3 heteroatoms. The minimum Gasteiger partial charge on any atom is -0.259 e. The van der Waals surface area contributed by atoms with Crippen LogP contribution in [0.15, 0.2) is 42.5 Å². The van der Waals surface area contributed by atoms with Gasteiger partial charge in [-0.25, -0.2) is 4.39 Å². The van der Waals surface area contributed by atoms with E-state index in [0.717, 1.165) is 11.1 Å². The van der Waals surface area contributed by atoms with E-state index in [1.165, 1.54) is 23.3 Å². The van der Waals surface area contributed by atoms with Crippen molar-refractivity contribution in [1.82, 2.24) is 0 Å². The maximum atomic E-state index is 12.8. The quantitative estimate of drug-likeness (QED) is 0.828. The summed E-state index contributed by atoms with van der Waals surface area (Å²) in [6.07, 6.45) is 0. The molecule has 0 aliphatic rings. The maximum Gasteiger partial charge on any atom is 0.123 e. The molecule has 100 valence electrons. The predicted molar refractivity (Wildman–Crippen MR) is 77.9 cm³/mol. The summed E-state index contributed by atoms with van der Waals surface area (Å²) in [5.74, 6) is 0.747. The summed E-state index contributed by atoms with van der Waals surface area (Å²) >= 11 is 0. The Labute approximate surface area is 115 Å². The molecule has 0 aliphatic heterocycles. The average molecular weight is 276 g/mol. The maximum absolute atomic E-state index is 12.8. The first-order valence-electron chi connectivity index (χ1n) is 6.19. The number of rotatable bonds is 4. The number of aryl methyl sites for hydroxylation is 2. The molecule has 0 radical (unpaired) electrons. The number of hydrogen-bond acceptors (Lipinski definition) is 1. The third-order valence-electron chi connectivity index (χ3n) is 2.85. The Kier molecular flexibility index (Phi) is 4.48. The van der Waals surface area contributed by atoms with Crippen molar-refractivity contribution in [3.05, 3.63) is 70.5 Å². The van der Waals surface area contributed by atoms with Crippen LogP contribution < -0.4 is 0 Å². The SMILES string of the molecule is Cc1cc(C)cc(CS(=O)Cc2ccc(F)cc2)c1. The summed E-state index contributed by atoms with van der Waals surface area (Å²) in [6, 6.07) is 12.4. The summed E-state index contributed by atoms with van der Waals surface area (Å²) < 4.78 is 24.9. The van der Waals surface area contributed by atoms with Crippen LogP contribution in [0.4, 0.5) is 4.39 Å². The molecule has 1 nitrogen and oxygen atoms in total. The Morgan fingerprint density at radius 1 is 0.895 bits per heavy atom. The molecule has 0 amide bonds. The lowest BCUT2D eigenvalue weighted by Gasteiger charge is -2.06. The van der Waals surface area contributed by atoms with E-state index in [-0.39, 0.29) is 5.82 Å². The Morgan fingerprint density at radius 3 is 2.00 bits per heavy atom. The molecule has 2 rings (SSSR count). The zero-order chi connectivity index (χ0) is 13.8. The molecule has 2 aromatic carbocycles. The first-order valence-corrected chi connectivity index (χ1v) is 7.68. The van der Waals surface area contributed by atoms with Gasteiger partial charge in [-0.1, -0.05) is 41.5 Å². The molecule has 0 heterocycles. The van der Waals surface area contributed by atoms with Crippen molar-refractivity contribution in [3.63, 3.8) is 0 Å². The van der Waals surface area contributed by atoms with Crippen LogP contribution in [0.3, 0.4) is 0 Å². The van der Waals surface area contributed by atoms with Gasteiger partial charge in [-0.15, -0.1) is 0 Å². The van der Waals surface area contributed by atoms with Gasteiger partial charge >= 0.3 is 0 Å². The first-order chi connectivity index (χ1) is 9.02. The highest BCUT2D eigenvalue weighted by Crippen LogP contribution is 2.13. The van der Waals surface area contributed by atoms with Crippen LogP contribution in [-0.4, -0.2) is 4.21 Å². The second-order valence-corrected chi connectivity index (χ2v) is 6.31. The highest BCUT2D eigenvalue weighted by atomic mass is 32.2. The van der Waals surface area contributed by atoms with Gasteiger partial charge in [0.1, 0.15) is 5.82 Å². The highest BCUT2D eigenvalue weighted by molar-refractivity contribution is 7.83. The second-order valence-electron chi connectivity index (χ2n) is 4.85. The molecule has 0 N–H and O–H groups in total. The Bertz CT molecular complexity index is 570. The van der Waals surface area contributed by atoms with Crippen molar-refractivity contribution >= 4 is 10.8 Å². The van der Waals surface area contributed by atoms with Crippen LogP contribution in [0, 0.1) is 19.7 Å². The largest absolute Gasteiger partial charge is 0.259 e. The fourth-order valence-corrected chi connectivity index (χ4v) is 3.36. The Hall–Kier alpha value is -1.48. The van der Waals surface area contributed by atoms with Crippen molar-refractivity contribution in [1.29, 1.82) is 0 Å². The van der Waals surface area contributed by atoms with Crippen LogP contribution in [0.25, 0.3) is 0 Å². The van der Waals surface area contributed by atoms with Crippen LogP contribution in [0.5, 0.6) is 0 Å². The van der Waals surface area contributed by atoms with Gasteiger partial charge in [0, 0.05) is 22.3 Å². The average Bonchev–Trinajstić information content (AvgIpc) is 2.30. The van der Waals surface area contributed by atoms with E-state index in [4.69, 9.17) is 0 Å². The summed E-state index contributed by atoms with van der Waals surface area (Å²) in [5, 5.41) is 0. The van der Waals surface area contributed by atoms with Gasteiger partial charge in [0.05, 0.1) is 0 Å². The predicted octanol–water partition coefficient (Wildman–Crippen LogP) is 3.89. The standard InChI is InChI=1S/C16H17FOS/c1-12-7-13(2)9-15(8-12)11-19(18)10-14-3-5-16(17)6-4-14/h3-9H,10-11H2,1-2H3. The van der Waals surface area contributed by atoms with E-state index in [9.17, 15) is 8.60 Å². The molecule has 0 bridgehead atoms. The van der Waals surface area contributed by atoms with Crippen LogP contribution in [0.1, 0.15) is 22.3 Å². The molecular weight excluding hydrogens is 259 g/mol. The van der Waals surface area contributed by atoms with E-state index in [1.54, 1.807) is 12.1 Å². The van der Waals surface area contributed by atoms with Crippen LogP contribution in [-0.2, 0) is 22.3 Å². The number of benzene rings is 2. The third kappa shape index (κ3) is 4.28. The summed E-state index contributed by atoms with van der Waals surface area (Å²) in [4.78, 5) is 0. The second kappa shape index (κ2) is 6.11. The van der Waals surface area contributed by atoms with E-state index < -0.39 is 10.8 Å². The zero-order valence-corrected chi connectivity index (χ0v) is 12.0. The van der Waals surface area contributed by atoms with E-state index in [2.05, 4.69) is 18.2 Å². The first kappa shape index (κ1) is 13.9. The molecule has 0 spiro atoms. The fourth-order valence-electron chi connectivity index (χ4n) is 2.16. The minimum atomic E-state index is -0.968. The molecule has 0 aliphatic carbocycles. The van der Waals surface area contributed by atoms with Crippen LogP contribution >= 0.6 is 0 Å². The van der Waals surface area contributed by atoms with Gasteiger partial charge in [0.15, 0.2) is 0 Å². The summed E-state index contributed by atoms with van der Waals surface area (Å²) in [6.45, 7) is 4.08. The normalized spacial score (nSPS) is 12.4. The van der Waals surface area contributed by atoms with Gasteiger partial charge in [0.25, 0.3) is 0 Å². The highest BCUT2D eigenvalue weighted by Gasteiger charge is 2.05. The third-order valence-corrected chi connectivity index (χ3v) is 4.16. The van der Waals surface area contributed by atoms with Crippen LogP contribution in [0.2, 0.25) is 0 Å². The zero-order valence-electron chi connectivity index (χ0n) is 11.2. The van der Waals surface area contributed by atoms with Crippen molar-refractivity contribution in [2.75, 3.05) is 0 Å². The molecular formula is C16H17FOS. The summed E-state index contributed by atoms with van der Waals surface area (Å²) in [5.41, 5.74) is 4.38. The number of hydrogen-bond donors (Lipinski definition) is 0. The molecule has 2 aromatic rings. The number of halogens is 1. The Balaban J connectivity index is 2.03. The minimum absolute atomic E-state index is 0.260. The summed E-state index contributed by atoms with van der Waals surface area (Å²) in [7, 11) is -0.968. The lowest BCUT2D eigenvalue weighted by Crippen LogP contribution is -2.00. The fraction of sp³-hybridized carbons (Fsp3) is 0.250. The lowest BCUT2D eigenvalue weighted by molar-refractivity contribution is 0.627. The van der Waals surface area contributed by atoms with Gasteiger partial charge in [0.2, 0.25) is 0 Å².